The Kier molecular flexibility index (Phi) is 7.75. The molecule has 2 aliphatic heterocycles. The molecule has 0 aromatic heterocycles. The van der Waals surface area contributed by atoms with E-state index in [1.54, 1.807) is 7.11 Å². The third-order valence-corrected chi connectivity index (χ3v) is 7.15. The number of aldehydes is 1. The van der Waals surface area contributed by atoms with Crippen LogP contribution >= 0.6 is 0 Å². The zero-order chi connectivity index (χ0) is 26.1. The highest BCUT2D eigenvalue weighted by Gasteiger charge is 2.32. The van der Waals surface area contributed by atoms with Crippen molar-refractivity contribution in [1.82, 2.24) is 0 Å². The van der Waals surface area contributed by atoms with Gasteiger partial charge in [-0.3, -0.25) is 4.79 Å². The molecule has 0 saturated heterocycles. The van der Waals surface area contributed by atoms with Gasteiger partial charge in [0.05, 0.1) is 5.56 Å². The summed E-state index contributed by atoms with van der Waals surface area (Å²) in [5, 5.41) is 9.73. The van der Waals surface area contributed by atoms with E-state index in [1.807, 2.05) is 33.8 Å². The summed E-state index contributed by atoms with van der Waals surface area (Å²) in [7, 11) is 1.56. The molecule has 0 bridgehead atoms. The van der Waals surface area contributed by atoms with Gasteiger partial charge in [0.1, 0.15) is 34.2 Å². The summed E-state index contributed by atoms with van der Waals surface area (Å²) in [5.74, 6) is 2.81. The maximum Gasteiger partial charge on any atom is 0.188 e. The minimum absolute atomic E-state index is 0.0822. The minimum Gasteiger partial charge on any atom is -0.508 e. The summed E-state index contributed by atoms with van der Waals surface area (Å²) in [4.78, 5) is 11.5. The molecule has 0 unspecified atom stereocenters. The van der Waals surface area contributed by atoms with Crippen molar-refractivity contribution in [3.8, 4) is 23.0 Å². The Bertz CT molecular complexity index is 1110. The first-order chi connectivity index (χ1) is 16.3. The quantitative estimate of drug-likeness (QED) is 0.405. The molecule has 0 fully saturated rings. The standard InChI is InChI=1S/C16H22O4.C13H18O2/c1-10-11(2)15-12(6-7-16(3,4)20-15)13(8-17)14(10)19-9-18-5;1-8-9(2)12-10(7-11(8)14)5-6-13(3,4)15-12/h8H,6-7,9H2,1-5H3;7,14H,5-6H2,1-4H3. The van der Waals surface area contributed by atoms with Gasteiger partial charge in [-0.25, -0.2) is 0 Å². The van der Waals surface area contributed by atoms with Crippen molar-refractivity contribution >= 4 is 6.29 Å². The number of hydrogen-bond acceptors (Lipinski definition) is 6. The summed E-state index contributed by atoms with van der Waals surface area (Å²) in [6.07, 6.45) is 4.55. The molecule has 2 heterocycles. The van der Waals surface area contributed by atoms with Crippen LogP contribution in [0.15, 0.2) is 6.07 Å². The lowest BCUT2D eigenvalue weighted by Crippen LogP contribution is -2.33. The van der Waals surface area contributed by atoms with Gasteiger partial charge in [-0.05, 0) is 115 Å². The summed E-state index contributed by atoms with van der Waals surface area (Å²) in [6.45, 7) is 16.4. The van der Waals surface area contributed by atoms with Crippen molar-refractivity contribution in [1.29, 1.82) is 0 Å². The Labute approximate surface area is 209 Å². The number of carbonyl (C=O) groups excluding carboxylic acids is 1. The fourth-order valence-corrected chi connectivity index (χ4v) is 4.63. The topological polar surface area (TPSA) is 74.2 Å². The molecule has 2 aromatic carbocycles. The number of aryl methyl sites for hydroxylation is 1. The number of methoxy groups -OCH3 is 1. The average Bonchev–Trinajstić information content (AvgIpc) is 2.79. The average molecular weight is 485 g/mol. The van der Waals surface area contributed by atoms with E-state index in [9.17, 15) is 9.90 Å². The second kappa shape index (κ2) is 10.1. The maximum absolute atomic E-state index is 11.5. The van der Waals surface area contributed by atoms with Crippen LogP contribution < -0.4 is 14.2 Å². The molecule has 0 radical (unpaired) electrons. The van der Waals surface area contributed by atoms with Crippen molar-refractivity contribution < 1.29 is 28.8 Å². The van der Waals surface area contributed by atoms with Crippen molar-refractivity contribution in [2.24, 2.45) is 0 Å². The number of phenolic OH excluding ortho intramolecular Hbond substituents is 1. The van der Waals surface area contributed by atoms with E-state index in [0.717, 1.165) is 76.8 Å². The van der Waals surface area contributed by atoms with E-state index in [2.05, 4.69) is 27.7 Å². The van der Waals surface area contributed by atoms with Crippen LogP contribution in [-0.2, 0) is 17.6 Å². The van der Waals surface area contributed by atoms with Crippen molar-refractivity contribution in [3.63, 3.8) is 0 Å². The van der Waals surface area contributed by atoms with Crippen LogP contribution in [0.1, 0.15) is 84.3 Å². The molecule has 2 aromatic rings. The Morgan fingerprint density at radius 3 is 2.09 bits per heavy atom. The Balaban J connectivity index is 0.000000203. The Morgan fingerprint density at radius 2 is 1.49 bits per heavy atom. The van der Waals surface area contributed by atoms with E-state index in [-0.39, 0.29) is 18.0 Å². The van der Waals surface area contributed by atoms with E-state index in [0.29, 0.717) is 17.1 Å². The van der Waals surface area contributed by atoms with Gasteiger partial charge in [-0.15, -0.1) is 0 Å². The number of benzene rings is 2. The first-order valence-electron chi connectivity index (χ1n) is 12.2. The summed E-state index contributed by atoms with van der Waals surface area (Å²) >= 11 is 0. The number of carbonyl (C=O) groups is 1. The molecular formula is C29H40O6. The summed E-state index contributed by atoms with van der Waals surface area (Å²) in [6, 6.07) is 1.84. The first kappa shape index (κ1) is 26.9. The summed E-state index contributed by atoms with van der Waals surface area (Å²) < 4.78 is 22.6. The first-order valence-corrected chi connectivity index (χ1v) is 12.2. The van der Waals surface area contributed by atoms with Gasteiger partial charge in [0.25, 0.3) is 0 Å². The van der Waals surface area contributed by atoms with Crippen molar-refractivity contribution in [2.45, 2.75) is 92.3 Å². The molecule has 0 amide bonds. The highest BCUT2D eigenvalue weighted by molar-refractivity contribution is 5.85. The number of hydrogen-bond donors (Lipinski definition) is 1. The van der Waals surface area contributed by atoms with Gasteiger partial charge >= 0.3 is 0 Å². The second-order valence-corrected chi connectivity index (χ2v) is 10.8. The van der Waals surface area contributed by atoms with Crippen LogP contribution in [0, 0.1) is 27.7 Å². The zero-order valence-corrected chi connectivity index (χ0v) is 22.7. The monoisotopic (exact) mass is 484 g/mol. The Hall–Kier alpha value is -2.73. The van der Waals surface area contributed by atoms with Gasteiger partial charge in [-0.2, -0.15) is 0 Å². The molecule has 0 aliphatic carbocycles. The number of ether oxygens (including phenoxy) is 4. The SMILES string of the molecule is COCOc1c(C)c(C)c2c(c1C=O)CCC(C)(C)O2.Cc1c(O)cc2c(c1C)OC(C)(C)CC2. The molecule has 0 atom stereocenters. The zero-order valence-electron chi connectivity index (χ0n) is 22.7. The maximum atomic E-state index is 11.5. The van der Waals surface area contributed by atoms with Crippen LogP contribution in [0.25, 0.3) is 0 Å². The molecule has 4 rings (SSSR count). The molecular weight excluding hydrogens is 444 g/mol. The van der Waals surface area contributed by atoms with Gasteiger partial charge in [0.2, 0.25) is 0 Å². The third-order valence-electron chi connectivity index (χ3n) is 7.15. The van der Waals surface area contributed by atoms with E-state index in [1.165, 1.54) is 0 Å². The molecule has 192 valence electrons. The van der Waals surface area contributed by atoms with Gasteiger partial charge in [0, 0.05) is 12.7 Å². The molecule has 6 heteroatoms. The van der Waals surface area contributed by atoms with E-state index < -0.39 is 0 Å². The van der Waals surface area contributed by atoms with Crippen LogP contribution in [-0.4, -0.2) is 36.5 Å². The number of phenols is 1. The van der Waals surface area contributed by atoms with Gasteiger partial charge in [-0.1, -0.05) is 0 Å². The molecule has 2 aliphatic rings. The predicted octanol–water partition coefficient (Wildman–Crippen LogP) is 6.31. The smallest absolute Gasteiger partial charge is 0.188 e. The molecule has 6 nitrogen and oxygen atoms in total. The molecule has 35 heavy (non-hydrogen) atoms. The van der Waals surface area contributed by atoms with Gasteiger partial charge < -0.3 is 24.1 Å². The lowest BCUT2D eigenvalue weighted by molar-refractivity contribution is 0.0489. The molecule has 1 N–H and O–H groups in total. The summed E-state index contributed by atoms with van der Waals surface area (Å²) in [5.41, 5.74) is 6.36. The predicted molar refractivity (Wildman–Crippen MR) is 137 cm³/mol. The number of rotatable bonds is 4. The lowest BCUT2D eigenvalue weighted by atomic mass is 9.88. The van der Waals surface area contributed by atoms with Crippen molar-refractivity contribution in [3.05, 3.63) is 45.0 Å². The number of aromatic hydroxyl groups is 1. The Morgan fingerprint density at radius 1 is 0.914 bits per heavy atom. The fourth-order valence-electron chi connectivity index (χ4n) is 4.63. The third kappa shape index (κ3) is 5.58. The van der Waals surface area contributed by atoms with Gasteiger partial charge in [0.15, 0.2) is 13.1 Å². The number of fused-ring (bicyclic) bond motifs is 2. The van der Waals surface area contributed by atoms with Crippen LogP contribution in [0.2, 0.25) is 0 Å². The van der Waals surface area contributed by atoms with E-state index in [4.69, 9.17) is 18.9 Å². The molecule has 0 spiro atoms. The second-order valence-electron chi connectivity index (χ2n) is 10.8. The molecule has 0 saturated carbocycles. The highest BCUT2D eigenvalue weighted by atomic mass is 16.7. The fraction of sp³-hybridized carbons (Fsp3) is 0.552. The minimum atomic E-state index is -0.195. The van der Waals surface area contributed by atoms with E-state index >= 15 is 0 Å². The van der Waals surface area contributed by atoms with Crippen LogP contribution in [0.5, 0.6) is 23.0 Å². The van der Waals surface area contributed by atoms with Crippen LogP contribution in [0.4, 0.5) is 0 Å². The highest BCUT2D eigenvalue weighted by Crippen LogP contribution is 2.43. The van der Waals surface area contributed by atoms with Crippen molar-refractivity contribution in [2.75, 3.05) is 13.9 Å². The van der Waals surface area contributed by atoms with Crippen LogP contribution in [0.3, 0.4) is 0 Å². The normalized spacial score (nSPS) is 17.1. The largest absolute Gasteiger partial charge is 0.508 e. The lowest BCUT2D eigenvalue weighted by Gasteiger charge is -2.35.